The molecule has 0 aliphatic rings. The van der Waals surface area contributed by atoms with Crippen molar-refractivity contribution in [2.24, 2.45) is 0 Å². The third kappa shape index (κ3) is 5.30. The quantitative estimate of drug-likeness (QED) is 0.490. The summed E-state index contributed by atoms with van der Waals surface area (Å²) in [5, 5.41) is 5.26. The first-order valence-electron chi connectivity index (χ1n) is 9.11. The van der Waals surface area contributed by atoms with Gasteiger partial charge in [-0.25, -0.2) is 22.6 Å². The van der Waals surface area contributed by atoms with Crippen molar-refractivity contribution in [3.8, 4) is 0 Å². The number of carbonyl (C=O) groups excluding carboxylic acids is 1. The van der Waals surface area contributed by atoms with Crippen molar-refractivity contribution in [1.82, 2.24) is 24.6 Å². The van der Waals surface area contributed by atoms with E-state index >= 15 is 0 Å². The molecule has 1 aromatic carbocycles. The number of aryl methyl sites for hydroxylation is 2. The topological polar surface area (TPSA) is 125 Å². The highest BCUT2D eigenvalue weighted by Gasteiger charge is 2.15. The number of rotatable bonds is 8. The van der Waals surface area contributed by atoms with Crippen molar-refractivity contribution in [2.45, 2.75) is 26.8 Å². The van der Waals surface area contributed by atoms with E-state index in [0.29, 0.717) is 22.6 Å². The zero-order chi connectivity index (χ0) is 21.0. The van der Waals surface area contributed by atoms with E-state index in [1.807, 2.05) is 30.3 Å². The highest BCUT2D eigenvalue weighted by atomic mass is 32.2. The summed E-state index contributed by atoms with van der Waals surface area (Å²) in [4.78, 5) is 28.1. The molecule has 3 N–H and O–H groups in total. The Morgan fingerprint density at radius 2 is 1.93 bits per heavy atom. The number of fused-ring (bicyclic) bond motifs is 1. The normalized spacial score (nSPS) is 11.7. The number of amides is 1. The van der Waals surface area contributed by atoms with Gasteiger partial charge in [-0.2, -0.15) is 0 Å². The van der Waals surface area contributed by atoms with E-state index in [-0.39, 0.29) is 36.7 Å². The van der Waals surface area contributed by atoms with E-state index in [9.17, 15) is 18.0 Å². The molecule has 154 valence electrons. The molecule has 0 atom stereocenters. The lowest BCUT2D eigenvalue weighted by Crippen LogP contribution is -2.35. The summed E-state index contributed by atoms with van der Waals surface area (Å²) in [5.74, 6) is -0.531. The summed E-state index contributed by atoms with van der Waals surface area (Å²) in [5.41, 5.74) is 3.12. The van der Waals surface area contributed by atoms with Gasteiger partial charge in [-0.1, -0.05) is 30.3 Å². The Kier molecular flexibility index (Phi) is 6.14. The molecule has 3 aromatic rings. The van der Waals surface area contributed by atoms with E-state index < -0.39 is 10.0 Å². The van der Waals surface area contributed by atoms with E-state index in [1.165, 1.54) is 10.6 Å². The van der Waals surface area contributed by atoms with Crippen LogP contribution >= 0.6 is 0 Å². The number of nitrogens with zero attached hydrogens (tertiary/aromatic N) is 2. The predicted molar refractivity (Wildman–Crippen MR) is 109 cm³/mol. The summed E-state index contributed by atoms with van der Waals surface area (Å²) in [6.45, 7) is 3.76. The van der Waals surface area contributed by atoms with Crippen molar-refractivity contribution in [3.63, 3.8) is 0 Å². The second kappa shape index (κ2) is 8.58. The molecule has 0 fully saturated rings. The Morgan fingerprint density at radius 1 is 1.21 bits per heavy atom. The van der Waals surface area contributed by atoms with Crippen molar-refractivity contribution in [1.29, 1.82) is 0 Å². The van der Waals surface area contributed by atoms with Crippen LogP contribution in [-0.2, 0) is 27.8 Å². The largest absolute Gasteiger partial charge is 0.355 e. The van der Waals surface area contributed by atoms with Crippen LogP contribution in [0.5, 0.6) is 0 Å². The highest BCUT2D eigenvalue weighted by molar-refractivity contribution is 7.89. The number of aromatic amines is 1. The summed E-state index contributed by atoms with van der Waals surface area (Å²) in [6.07, 6.45) is 0.0400. The summed E-state index contributed by atoms with van der Waals surface area (Å²) in [6, 6.07) is 10.6. The first kappa shape index (κ1) is 20.7. The second-order valence-corrected chi connectivity index (χ2v) is 8.65. The molecule has 2 heterocycles. The molecule has 0 aliphatic carbocycles. The number of hydrogen-bond acceptors (Lipinski definition) is 5. The van der Waals surface area contributed by atoms with E-state index in [4.69, 9.17) is 0 Å². The van der Waals surface area contributed by atoms with Gasteiger partial charge in [0.25, 0.3) is 5.56 Å². The van der Waals surface area contributed by atoms with Gasteiger partial charge in [-0.05, 0) is 19.4 Å². The molecule has 29 heavy (non-hydrogen) atoms. The maximum Gasteiger partial charge on any atom is 0.266 e. The minimum absolute atomic E-state index is 0.00290. The first-order chi connectivity index (χ1) is 13.7. The predicted octanol–water partition coefficient (Wildman–Crippen LogP) is 0.418. The maximum atomic E-state index is 12.3. The van der Waals surface area contributed by atoms with Crippen LogP contribution in [-0.4, -0.2) is 41.2 Å². The van der Waals surface area contributed by atoms with Gasteiger partial charge in [0.15, 0.2) is 5.65 Å². The molecule has 1 amide bonds. The Hall–Kier alpha value is -2.98. The molecule has 0 radical (unpaired) electrons. The van der Waals surface area contributed by atoms with Gasteiger partial charge in [0.2, 0.25) is 15.9 Å². The highest BCUT2D eigenvalue weighted by Crippen LogP contribution is 2.13. The average Bonchev–Trinajstić information content (AvgIpc) is 3.04. The first-order valence-corrected chi connectivity index (χ1v) is 10.8. The van der Waals surface area contributed by atoms with Gasteiger partial charge in [-0.15, -0.1) is 0 Å². The summed E-state index contributed by atoms with van der Waals surface area (Å²) >= 11 is 0. The smallest absolute Gasteiger partial charge is 0.266 e. The SMILES string of the molecule is Cc1nc2cc(=O)[nH]n2c(C)c1CC(=O)NCCS(=O)(=O)NCc1ccccc1. The van der Waals surface area contributed by atoms with Gasteiger partial charge < -0.3 is 5.32 Å². The molecule has 3 rings (SSSR count). The van der Waals surface area contributed by atoms with Crippen LogP contribution < -0.4 is 15.6 Å². The van der Waals surface area contributed by atoms with Crippen LogP contribution in [0.25, 0.3) is 5.65 Å². The number of benzene rings is 1. The molecular formula is C19H23N5O4S. The van der Waals surface area contributed by atoms with Gasteiger partial charge >= 0.3 is 0 Å². The lowest BCUT2D eigenvalue weighted by atomic mass is 10.1. The van der Waals surface area contributed by atoms with Crippen LogP contribution in [0.1, 0.15) is 22.5 Å². The van der Waals surface area contributed by atoms with Crippen molar-refractivity contribution in [3.05, 3.63) is 69.3 Å². The monoisotopic (exact) mass is 417 g/mol. The van der Waals surface area contributed by atoms with Crippen LogP contribution in [0.2, 0.25) is 0 Å². The molecule has 0 aliphatic heterocycles. The van der Waals surface area contributed by atoms with Crippen molar-refractivity contribution in [2.75, 3.05) is 12.3 Å². The van der Waals surface area contributed by atoms with Crippen molar-refractivity contribution >= 4 is 21.6 Å². The number of hydrogen-bond donors (Lipinski definition) is 3. The Labute approximate surface area is 168 Å². The third-order valence-corrected chi connectivity index (χ3v) is 5.90. The fourth-order valence-electron chi connectivity index (χ4n) is 3.02. The van der Waals surface area contributed by atoms with Gasteiger partial charge in [0.05, 0.1) is 12.2 Å². The average molecular weight is 417 g/mol. The van der Waals surface area contributed by atoms with Crippen LogP contribution in [0.4, 0.5) is 0 Å². The zero-order valence-corrected chi connectivity index (χ0v) is 17.0. The Morgan fingerprint density at radius 3 is 2.66 bits per heavy atom. The molecular weight excluding hydrogens is 394 g/mol. The molecule has 10 heteroatoms. The minimum Gasteiger partial charge on any atom is -0.355 e. The van der Waals surface area contributed by atoms with E-state index in [0.717, 1.165) is 5.56 Å². The number of H-pyrrole nitrogens is 1. The fraction of sp³-hybridized carbons (Fsp3) is 0.316. The zero-order valence-electron chi connectivity index (χ0n) is 16.2. The van der Waals surface area contributed by atoms with E-state index in [1.54, 1.807) is 13.8 Å². The standard InChI is InChI=1S/C19H23N5O4S/c1-13-16(14(2)24-17(22-13)11-19(26)23-24)10-18(25)20-8-9-29(27,28)21-12-15-6-4-3-5-7-15/h3-7,11,21H,8-10,12H2,1-2H3,(H,20,25)(H,23,26). The molecule has 0 unspecified atom stereocenters. The Balaban J connectivity index is 1.55. The maximum absolute atomic E-state index is 12.3. The number of aromatic nitrogens is 3. The Bertz CT molecular complexity index is 1180. The summed E-state index contributed by atoms with van der Waals surface area (Å²) < 4.78 is 28.2. The van der Waals surface area contributed by atoms with Gasteiger partial charge in [0, 0.05) is 36.1 Å². The molecule has 2 aromatic heterocycles. The van der Waals surface area contributed by atoms with Gasteiger partial charge in [-0.3, -0.25) is 14.7 Å². The molecule has 0 saturated carbocycles. The van der Waals surface area contributed by atoms with E-state index in [2.05, 4.69) is 20.1 Å². The number of nitrogens with one attached hydrogen (secondary N) is 3. The lowest BCUT2D eigenvalue weighted by Gasteiger charge is -2.12. The minimum atomic E-state index is -3.51. The van der Waals surface area contributed by atoms with Gasteiger partial charge in [0.1, 0.15) is 0 Å². The third-order valence-electron chi connectivity index (χ3n) is 4.57. The fourth-order valence-corrected chi connectivity index (χ4v) is 3.92. The molecule has 0 spiro atoms. The number of sulfonamides is 1. The van der Waals surface area contributed by atoms with Crippen LogP contribution in [0, 0.1) is 13.8 Å². The number of carbonyl (C=O) groups is 1. The molecule has 0 bridgehead atoms. The van der Waals surface area contributed by atoms with Crippen molar-refractivity contribution < 1.29 is 13.2 Å². The molecule has 0 saturated heterocycles. The van der Waals surface area contributed by atoms with Crippen LogP contribution in [0.3, 0.4) is 0 Å². The second-order valence-electron chi connectivity index (χ2n) is 6.73. The lowest BCUT2D eigenvalue weighted by molar-refractivity contribution is -0.120. The van der Waals surface area contributed by atoms with Crippen LogP contribution in [0.15, 0.2) is 41.2 Å². The molecule has 9 nitrogen and oxygen atoms in total. The summed E-state index contributed by atoms with van der Waals surface area (Å²) in [7, 11) is -3.51.